The van der Waals surface area contributed by atoms with Crippen LogP contribution in [0.4, 0.5) is 5.13 Å². The molecule has 3 aromatic heterocycles. The van der Waals surface area contributed by atoms with Gasteiger partial charge in [0.05, 0.1) is 4.90 Å². The summed E-state index contributed by atoms with van der Waals surface area (Å²) >= 11 is 1.31. The lowest BCUT2D eigenvalue weighted by Crippen LogP contribution is -2.13. The Balaban J connectivity index is 1.76. The highest BCUT2D eigenvalue weighted by molar-refractivity contribution is 7.90. The second-order valence-electron chi connectivity index (χ2n) is 5.71. The van der Waals surface area contributed by atoms with E-state index in [1.54, 1.807) is 52.8 Å². The molecule has 0 atom stereocenters. The van der Waals surface area contributed by atoms with Crippen molar-refractivity contribution in [2.24, 2.45) is 0 Å². The monoisotopic (exact) mass is 399 g/mol. The van der Waals surface area contributed by atoms with Crippen molar-refractivity contribution in [2.45, 2.75) is 4.90 Å². The van der Waals surface area contributed by atoms with Crippen LogP contribution >= 0.6 is 11.3 Å². The van der Waals surface area contributed by atoms with Crippen molar-refractivity contribution in [3.8, 4) is 5.69 Å². The average Bonchev–Trinajstić information content (AvgIpc) is 3.30. The molecule has 0 aliphatic carbocycles. The van der Waals surface area contributed by atoms with Crippen LogP contribution < -0.4 is 5.32 Å². The number of sulfone groups is 1. The number of thiazole rings is 1. The smallest absolute Gasteiger partial charge is 0.276 e. The molecule has 0 unspecified atom stereocenters. The first kappa shape index (κ1) is 17.3. The maximum absolute atomic E-state index is 12.4. The fourth-order valence-electron chi connectivity index (χ4n) is 2.52. The number of benzene rings is 1. The summed E-state index contributed by atoms with van der Waals surface area (Å²) in [5, 5.41) is 4.92. The maximum Gasteiger partial charge on any atom is 0.276 e. The minimum Gasteiger partial charge on any atom is -0.296 e. The summed E-state index contributed by atoms with van der Waals surface area (Å²) in [6.07, 6.45) is 4.29. The minimum atomic E-state index is -3.34. The number of imidazole rings is 1. The normalized spacial score (nSPS) is 11.6. The van der Waals surface area contributed by atoms with Crippen LogP contribution in [0.15, 0.2) is 59.2 Å². The number of carbonyl (C=O) groups excluding carboxylic acids is 1. The van der Waals surface area contributed by atoms with Gasteiger partial charge in [-0.2, -0.15) is 0 Å². The van der Waals surface area contributed by atoms with Crippen molar-refractivity contribution in [3.05, 3.63) is 60.0 Å². The average molecular weight is 399 g/mol. The molecule has 0 aliphatic heterocycles. The van der Waals surface area contributed by atoms with Gasteiger partial charge in [-0.3, -0.25) is 14.7 Å². The summed E-state index contributed by atoms with van der Waals surface area (Å²) in [5.74, 6) is -0.385. The molecule has 0 fully saturated rings. The summed E-state index contributed by atoms with van der Waals surface area (Å²) in [6.45, 7) is 0. The molecule has 3 heterocycles. The first-order chi connectivity index (χ1) is 12.9. The Hall–Kier alpha value is -3.11. The Morgan fingerprint density at radius 2 is 2.04 bits per heavy atom. The van der Waals surface area contributed by atoms with Crippen LogP contribution in [0.25, 0.3) is 16.9 Å². The van der Waals surface area contributed by atoms with E-state index in [2.05, 4.69) is 20.3 Å². The minimum absolute atomic E-state index is 0.194. The number of aromatic nitrogens is 4. The summed E-state index contributed by atoms with van der Waals surface area (Å²) in [5.41, 5.74) is 1.84. The first-order valence-electron chi connectivity index (χ1n) is 7.77. The number of fused-ring (bicyclic) bond motifs is 1. The van der Waals surface area contributed by atoms with Gasteiger partial charge in [-0.05, 0) is 30.3 Å². The highest BCUT2D eigenvalue weighted by Gasteiger charge is 2.14. The number of pyridine rings is 1. The van der Waals surface area contributed by atoms with Crippen molar-refractivity contribution in [3.63, 3.8) is 0 Å². The third-order valence-electron chi connectivity index (χ3n) is 3.80. The standard InChI is InChI=1S/C17H13N5O3S2/c1-27(24,25)12-4-2-3-11(9-12)22-10-19-13-5-6-14(20-15(13)22)16(23)21-17-18-7-8-26-17/h2-10H,1H3,(H,18,21,23). The number of nitrogens with zero attached hydrogens (tertiary/aromatic N) is 4. The third kappa shape index (κ3) is 3.44. The number of rotatable bonds is 4. The molecule has 0 saturated heterocycles. The molecule has 0 bridgehead atoms. The number of carbonyl (C=O) groups is 1. The van der Waals surface area contributed by atoms with Crippen LogP contribution in [0.1, 0.15) is 10.5 Å². The Kier molecular flexibility index (Phi) is 4.21. The quantitative estimate of drug-likeness (QED) is 0.565. The van der Waals surface area contributed by atoms with E-state index in [1.165, 1.54) is 17.4 Å². The Bertz CT molecular complexity index is 1250. The van der Waals surface area contributed by atoms with Crippen LogP contribution in [-0.2, 0) is 9.84 Å². The van der Waals surface area contributed by atoms with Crippen LogP contribution in [0.3, 0.4) is 0 Å². The van der Waals surface area contributed by atoms with Gasteiger partial charge in [0.25, 0.3) is 5.91 Å². The largest absolute Gasteiger partial charge is 0.296 e. The van der Waals surface area contributed by atoms with Gasteiger partial charge in [0.1, 0.15) is 17.5 Å². The van der Waals surface area contributed by atoms with Crippen molar-refractivity contribution in [1.29, 1.82) is 0 Å². The van der Waals surface area contributed by atoms with Crippen LogP contribution in [0, 0.1) is 0 Å². The summed E-state index contributed by atoms with van der Waals surface area (Å²) in [7, 11) is -3.34. The summed E-state index contributed by atoms with van der Waals surface area (Å²) in [4.78, 5) is 25.3. The van der Waals surface area contributed by atoms with Gasteiger partial charge < -0.3 is 0 Å². The van der Waals surface area contributed by atoms with E-state index in [4.69, 9.17) is 0 Å². The van der Waals surface area contributed by atoms with Gasteiger partial charge in [0, 0.05) is 23.5 Å². The molecular formula is C17H13N5O3S2. The lowest BCUT2D eigenvalue weighted by Gasteiger charge is -2.07. The number of nitrogens with one attached hydrogen (secondary N) is 1. The zero-order chi connectivity index (χ0) is 19.0. The Morgan fingerprint density at radius 3 is 2.78 bits per heavy atom. The molecule has 0 radical (unpaired) electrons. The molecule has 1 N–H and O–H groups in total. The number of hydrogen-bond acceptors (Lipinski definition) is 7. The van der Waals surface area contributed by atoms with E-state index < -0.39 is 9.84 Å². The number of hydrogen-bond donors (Lipinski definition) is 1. The second-order valence-corrected chi connectivity index (χ2v) is 8.63. The molecule has 4 aromatic rings. The first-order valence-corrected chi connectivity index (χ1v) is 10.5. The molecule has 27 heavy (non-hydrogen) atoms. The van der Waals surface area contributed by atoms with E-state index in [1.807, 2.05) is 0 Å². The molecule has 136 valence electrons. The topological polar surface area (TPSA) is 107 Å². The molecule has 0 aliphatic rings. The highest BCUT2D eigenvalue weighted by Crippen LogP contribution is 2.20. The molecule has 1 aromatic carbocycles. The molecule has 4 rings (SSSR count). The SMILES string of the molecule is CS(=O)(=O)c1cccc(-n2cnc3ccc(C(=O)Nc4nccs4)nc32)c1. The van der Waals surface area contributed by atoms with Crippen molar-refractivity contribution < 1.29 is 13.2 Å². The maximum atomic E-state index is 12.4. The lowest BCUT2D eigenvalue weighted by molar-refractivity contribution is 0.102. The van der Waals surface area contributed by atoms with Crippen molar-refractivity contribution in [2.75, 3.05) is 11.6 Å². The number of amides is 1. The Labute approximate surface area is 158 Å². The van der Waals surface area contributed by atoms with E-state index in [9.17, 15) is 13.2 Å². The molecule has 0 saturated carbocycles. The van der Waals surface area contributed by atoms with Gasteiger partial charge in [-0.1, -0.05) is 6.07 Å². The number of anilines is 1. The van der Waals surface area contributed by atoms with Gasteiger partial charge in [0.15, 0.2) is 20.6 Å². The molecular weight excluding hydrogens is 386 g/mol. The zero-order valence-electron chi connectivity index (χ0n) is 14.0. The molecule has 0 spiro atoms. The third-order valence-corrected chi connectivity index (χ3v) is 5.60. The van der Waals surface area contributed by atoms with Gasteiger partial charge in [-0.15, -0.1) is 11.3 Å². The van der Waals surface area contributed by atoms with Gasteiger partial charge in [0.2, 0.25) is 0 Å². The Morgan fingerprint density at radius 1 is 1.19 bits per heavy atom. The van der Waals surface area contributed by atoms with E-state index >= 15 is 0 Å². The zero-order valence-corrected chi connectivity index (χ0v) is 15.7. The van der Waals surface area contributed by atoms with E-state index in [-0.39, 0.29) is 16.5 Å². The highest BCUT2D eigenvalue weighted by atomic mass is 32.2. The van der Waals surface area contributed by atoms with Gasteiger partial charge in [-0.25, -0.2) is 23.4 Å². The fourth-order valence-corrected chi connectivity index (χ4v) is 3.70. The molecule has 10 heteroatoms. The predicted octanol–water partition coefficient (Wildman–Crippen LogP) is 2.53. The summed E-state index contributed by atoms with van der Waals surface area (Å²) < 4.78 is 25.3. The van der Waals surface area contributed by atoms with E-state index in [0.29, 0.717) is 22.0 Å². The van der Waals surface area contributed by atoms with Crippen molar-refractivity contribution in [1.82, 2.24) is 19.5 Å². The van der Waals surface area contributed by atoms with Gasteiger partial charge >= 0.3 is 0 Å². The molecule has 8 nitrogen and oxygen atoms in total. The van der Waals surface area contributed by atoms with Crippen LogP contribution in [0.2, 0.25) is 0 Å². The van der Waals surface area contributed by atoms with Crippen LogP contribution in [-0.4, -0.2) is 40.1 Å². The lowest BCUT2D eigenvalue weighted by atomic mass is 10.3. The van der Waals surface area contributed by atoms with Crippen LogP contribution in [0.5, 0.6) is 0 Å². The predicted molar refractivity (Wildman–Crippen MR) is 102 cm³/mol. The fraction of sp³-hybridized carbons (Fsp3) is 0.0588. The van der Waals surface area contributed by atoms with E-state index in [0.717, 1.165) is 6.26 Å². The summed E-state index contributed by atoms with van der Waals surface area (Å²) in [6, 6.07) is 9.74. The van der Waals surface area contributed by atoms with Crippen molar-refractivity contribution >= 4 is 43.4 Å². The molecule has 1 amide bonds. The second kappa shape index (κ2) is 6.56.